The lowest BCUT2D eigenvalue weighted by Gasteiger charge is -2.10. The van der Waals surface area contributed by atoms with Crippen molar-refractivity contribution < 1.29 is 4.79 Å². The van der Waals surface area contributed by atoms with Crippen LogP contribution in [0.25, 0.3) is 22.2 Å². The first kappa shape index (κ1) is 15.9. The molecule has 6 heteroatoms. The van der Waals surface area contributed by atoms with Crippen LogP contribution in [-0.2, 0) is 0 Å². The number of benzene rings is 2. The smallest absolute Gasteiger partial charge is 0.258 e. The monoisotopic (exact) mass is 409 g/mol. The quantitative estimate of drug-likeness (QED) is 0.494. The predicted molar refractivity (Wildman–Crippen MR) is 105 cm³/mol. The summed E-state index contributed by atoms with van der Waals surface area (Å²) in [6, 6.07) is 17.3. The number of thiazole rings is 1. The second-order valence-electron chi connectivity index (χ2n) is 5.37. The molecule has 4 nitrogen and oxygen atoms in total. The molecule has 0 radical (unpaired) electrons. The molecule has 4 aromatic rings. The number of rotatable bonds is 3. The Morgan fingerprint density at radius 2 is 1.96 bits per heavy atom. The van der Waals surface area contributed by atoms with Crippen LogP contribution >= 0.6 is 27.3 Å². The van der Waals surface area contributed by atoms with Crippen molar-refractivity contribution in [2.75, 3.05) is 5.32 Å². The molecule has 2 aromatic carbocycles. The Kier molecular flexibility index (Phi) is 4.29. The van der Waals surface area contributed by atoms with E-state index in [1.807, 2.05) is 60.0 Å². The van der Waals surface area contributed by atoms with Gasteiger partial charge in [-0.1, -0.05) is 46.3 Å². The molecule has 0 bridgehead atoms. The van der Waals surface area contributed by atoms with Crippen LogP contribution in [0.5, 0.6) is 0 Å². The molecule has 122 valence electrons. The maximum absolute atomic E-state index is 12.8. The summed E-state index contributed by atoms with van der Waals surface area (Å²) in [6.45, 7) is 0. The minimum absolute atomic E-state index is 0.190. The molecule has 0 unspecified atom stereocenters. The third-order valence-electron chi connectivity index (χ3n) is 3.73. The van der Waals surface area contributed by atoms with E-state index in [-0.39, 0.29) is 5.91 Å². The van der Waals surface area contributed by atoms with Crippen molar-refractivity contribution in [2.45, 2.75) is 0 Å². The Labute approximate surface area is 156 Å². The van der Waals surface area contributed by atoms with E-state index in [4.69, 9.17) is 4.98 Å². The van der Waals surface area contributed by atoms with Gasteiger partial charge in [0.05, 0.1) is 16.8 Å². The summed E-state index contributed by atoms with van der Waals surface area (Å²) in [7, 11) is 0. The number of nitrogens with one attached hydrogen (secondary N) is 1. The summed E-state index contributed by atoms with van der Waals surface area (Å²) >= 11 is 4.87. The summed E-state index contributed by atoms with van der Waals surface area (Å²) in [5.41, 5.74) is 3.06. The van der Waals surface area contributed by atoms with Gasteiger partial charge in [0, 0.05) is 27.0 Å². The average molecular weight is 410 g/mol. The summed E-state index contributed by atoms with van der Waals surface area (Å²) in [5.74, 6) is -0.190. The molecular weight excluding hydrogens is 398 g/mol. The topological polar surface area (TPSA) is 54.9 Å². The maximum Gasteiger partial charge on any atom is 0.258 e. The fraction of sp³-hybridized carbons (Fsp3) is 0. The molecule has 1 amide bonds. The highest BCUT2D eigenvalue weighted by Crippen LogP contribution is 2.27. The van der Waals surface area contributed by atoms with Crippen molar-refractivity contribution in [1.82, 2.24) is 9.97 Å². The van der Waals surface area contributed by atoms with E-state index in [1.165, 1.54) is 11.3 Å². The van der Waals surface area contributed by atoms with Gasteiger partial charge in [-0.15, -0.1) is 11.3 Å². The number of aromatic nitrogens is 2. The number of fused-ring (bicyclic) bond motifs is 1. The van der Waals surface area contributed by atoms with Crippen LogP contribution < -0.4 is 5.32 Å². The van der Waals surface area contributed by atoms with E-state index >= 15 is 0 Å². The Bertz CT molecular complexity index is 1060. The molecule has 2 heterocycles. The molecule has 0 fully saturated rings. The lowest BCUT2D eigenvalue weighted by molar-refractivity contribution is 0.102. The zero-order chi connectivity index (χ0) is 17.2. The van der Waals surface area contributed by atoms with E-state index in [9.17, 15) is 4.79 Å². The number of pyridine rings is 1. The van der Waals surface area contributed by atoms with Gasteiger partial charge in [0.2, 0.25) is 0 Å². The van der Waals surface area contributed by atoms with Crippen molar-refractivity contribution >= 4 is 49.2 Å². The van der Waals surface area contributed by atoms with Gasteiger partial charge in [-0.3, -0.25) is 10.1 Å². The summed E-state index contributed by atoms with van der Waals surface area (Å²) in [6.07, 6.45) is 1.66. The molecule has 0 saturated carbocycles. The highest BCUT2D eigenvalue weighted by molar-refractivity contribution is 9.10. The van der Waals surface area contributed by atoms with Crippen LogP contribution in [0.4, 0.5) is 5.13 Å². The number of carbonyl (C=O) groups is 1. The van der Waals surface area contributed by atoms with Crippen LogP contribution in [0.2, 0.25) is 0 Å². The third kappa shape index (κ3) is 3.31. The number of carbonyl (C=O) groups excluding carboxylic acids is 1. The summed E-state index contributed by atoms with van der Waals surface area (Å²) in [5, 5.41) is 6.07. The number of nitrogens with zero attached hydrogens (tertiary/aromatic N) is 2. The molecule has 4 rings (SSSR count). The van der Waals surface area contributed by atoms with Gasteiger partial charge in [0.15, 0.2) is 5.13 Å². The van der Waals surface area contributed by atoms with Crippen LogP contribution in [-0.4, -0.2) is 15.9 Å². The minimum Gasteiger partial charge on any atom is -0.298 e. The largest absolute Gasteiger partial charge is 0.298 e. The molecule has 0 atom stereocenters. The number of anilines is 1. The van der Waals surface area contributed by atoms with E-state index in [0.717, 1.165) is 26.6 Å². The lowest BCUT2D eigenvalue weighted by Crippen LogP contribution is -2.12. The molecule has 1 N–H and O–H groups in total. The first-order chi connectivity index (χ1) is 12.2. The number of hydrogen-bond donors (Lipinski definition) is 1. The fourth-order valence-corrected chi connectivity index (χ4v) is 3.53. The van der Waals surface area contributed by atoms with Gasteiger partial charge in [0.25, 0.3) is 5.91 Å². The molecule has 0 aliphatic carbocycles. The van der Waals surface area contributed by atoms with Crippen molar-refractivity contribution in [3.63, 3.8) is 0 Å². The first-order valence-electron chi connectivity index (χ1n) is 7.57. The number of hydrogen-bond acceptors (Lipinski definition) is 4. The van der Waals surface area contributed by atoms with Crippen molar-refractivity contribution in [1.29, 1.82) is 0 Å². The standard InChI is InChI=1S/C19H12BrN3OS/c20-13-5-3-4-12(10-13)17-11-15(14-6-1-2-7-16(14)22-17)18(24)23-19-21-8-9-25-19/h1-11H,(H,21,23,24). The van der Waals surface area contributed by atoms with E-state index < -0.39 is 0 Å². The fourth-order valence-electron chi connectivity index (χ4n) is 2.61. The second kappa shape index (κ2) is 6.74. The highest BCUT2D eigenvalue weighted by atomic mass is 79.9. The molecule has 2 aromatic heterocycles. The Balaban J connectivity index is 1.85. The molecule has 0 saturated heterocycles. The minimum atomic E-state index is -0.190. The molecule has 0 aliphatic heterocycles. The predicted octanol–water partition coefficient (Wildman–Crippen LogP) is 5.37. The van der Waals surface area contributed by atoms with Crippen molar-refractivity contribution in [3.05, 3.63) is 76.2 Å². The van der Waals surface area contributed by atoms with Gasteiger partial charge < -0.3 is 0 Å². The third-order valence-corrected chi connectivity index (χ3v) is 4.92. The zero-order valence-electron chi connectivity index (χ0n) is 12.9. The molecular formula is C19H12BrN3OS. The molecule has 25 heavy (non-hydrogen) atoms. The van der Waals surface area contributed by atoms with Gasteiger partial charge >= 0.3 is 0 Å². The summed E-state index contributed by atoms with van der Waals surface area (Å²) in [4.78, 5) is 21.6. The number of amides is 1. The van der Waals surface area contributed by atoms with Crippen molar-refractivity contribution in [3.8, 4) is 11.3 Å². The van der Waals surface area contributed by atoms with E-state index in [1.54, 1.807) is 6.20 Å². The molecule has 0 aliphatic rings. The molecule has 0 spiro atoms. The Morgan fingerprint density at radius 3 is 2.76 bits per heavy atom. The van der Waals surface area contributed by atoms with Gasteiger partial charge in [-0.25, -0.2) is 9.97 Å². The summed E-state index contributed by atoms with van der Waals surface area (Å²) < 4.78 is 0.966. The highest BCUT2D eigenvalue weighted by Gasteiger charge is 2.15. The van der Waals surface area contributed by atoms with Gasteiger partial charge in [-0.05, 0) is 24.3 Å². The zero-order valence-corrected chi connectivity index (χ0v) is 15.3. The number of para-hydroxylation sites is 1. The SMILES string of the molecule is O=C(Nc1nccs1)c1cc(-c2cccc(Br)c2)nc2ccccc12. The maximum atomic E-state index is 12.8. The van der Waals surface area contributed by atoms with Crippen LogP contribution in [0.1, 0.15) is 10.4 Å². The first-order valence-corrected chi connectivity index (χ1v) is 9.24. The van der Waals surface area contributed by atoms with Gasteiger partial charge in [-0.2, -0.15) is 0 Å². The van der Waals surface area contributed by atoms with Crippen LogP contribution in [0, 0.1) is 0 Å². The van der Waals surface area contributed by atoms with Crippen LogP contribution in [0.3, 0.4) is 0 Å². The normalized spacial score (nSPS) is 10.8. The van der Waals surface area contributed by atoms with Crippen LogP contribution in [0.15, 0.2) is 70.6 Å². The Hall–Kier alpha value is -2.57. The second-order valence-corrected chi connectivity index (χ2v) is 7.18. The van der Waals surface area contributed by atoms with E-state index in [2.05, 4.69) is 26.2 Å². The number of halogens is 1. The van der Waals surface area contributed by atoms with E-state index in [0.29, 0.717) is 10.7 Å². The Morgan fingerprint density at radius 1 is 1.08 bits per heavy atom. The van der Waals surface area contributed by atoms with Crippen molar-refractivity contribution in [2.24, 2.45) is 0 Å². The lowest BCUT2D eigenvalue weighted by atomic mass is 10.0. The van der Waals surface area contributed by atoms with Gasteiger partial charge in [0.1, 0.15) is 0 Å². The average Bonchev–Trinajstić information content (AvgIpc) is 3.13.